The zero-order valence-electron chi connectivity index (χ0n) is 16.4. The summed E-state index contributed by atoms with van der Waals surface area (Å²) in [6.07, 6.45) is 0. The van der Waals surface area contributed by atoms with E-state index < -0.39 is 5.56 Å². The minimum Gasteiger partial charge on any atom is -0.492 e. The van der Waals surface area contributed by atoms with Gasteiger partial charge in [-0.25, -0.2) is 0 Å². The number of hydrogen-bond donors (Lipinski definition) is 1. The van der Waals surface area contributed by atoms with Crippen molar-refractivity contribution in [2.75, 3.05) is 0 Å². The Morgan fingerprint density at radius 1 is 0.839 bits per heavy atom. The molecule has 0 fully saturated rings. The van der Waals surface area contributed by atoms with E-state index in [1.165, 1.54) is 9.13 Å². The molecule has 1 heterocycles. The fourth-order valence-corrected chi connectivity index (χ4v) is 3.66. The fraction of sp³-hybridized carbons (Fsp3) is 0.0435. The summed E-state index contributed by atoms with van der Waals surface area (Å²) in [4.78, 5) is 13.3. The van der Waals surface area contributed by atoms with Crippen LogP contribution in [0.3, 0.4) is 0 Å². The molecule has 0 unspecified atom stereocenters. The van der Waals surface area contributed by atoms with E-state index in [1.54, 1.807) is 48.5 Å². The van der Waals surface area contributed by atoms with Gasteiger partial charge in [0, 0.05) is 4.47 Å². The summed E-state index contributed by atoms with van der Waals surface area (Å²) in [6, 6.07) is 23.6. The van der Waals surface area contributed by atoms with Gasteiger partial charge in [-0.2, -0.15) is 5.11 Å². The highest BCUT2D eigenvalue weighted by molar-refractivity contribution is 9.10. The number of aromatic nitrogens is 2. The van der Waals surface area contributed by atoms with Gasteiger partial charge in [0.1, 0.15) is 0 Å². The molecule has 0 aliphatic heterocycles. The molecule has 0 amide bonds. The molecule has 0 aliphatic rings. The van der Waals surface area contributed by atoms with E-state index in [1.807, 2.05) is 37.3 Å². The number of halogens is 1. The van der Waals surface area contributed by atoms with E-state index in [4.69, 9.17) is 12.2 Å². The van der Waals surface area contributed by atoms with E-state index in [-0.39, 0.29) is 16.3 Å². The lowest BCUT2D eigenvalue weighted by Crippen LogP contribution is -2.23. The lowest BCUT2D eigenvalue weighted by Gasteiger charge is -2.16. The minimum atomic E-state index is -0.557. The second kappa shape index (κ2) is 8.79. The second-order valence-corrected chi connectivity index (χ2v) is 8.06. The molecule has 154 valence electrons. The van der Waals surface area contributed by atoms with Crippen LogP contribution in [-0.4, -0.2) is 14.2 Å². The molecule has 0 radical (unpaired) electrons. The lowest BCUT2D eigenvalue weighted by atomic mass is 10.2. The van der Waals surface area contributed by atoms with Gasteiger partial charge in [-0.05, 0) is 67.7 Å². The predicted octanol–water partition coefficient (Wildman–Crippen LogP) is 6.55. The molecule has 4 aromatic rings. The maximum atomic E-state index is 13.3. The second-order valence-electron chi connectivity index (χ2n) is 6.78. The molecule has 1 N–H and O–H groups in total. The Labute approximate surface area is 191 Å². The smallest absolute Gasteiger partial charge is 0.290 e. The molecule has 6 nitrogen and oxygen atoms in total. The van der Waals surface area contributed by atoms with Crippen LogP contribution in [0.15, 0.2) is 98.4 Å². The highest BCUT2D eigenvalue weighted by Gasteiger charge is 2.19. The quantitative estimate of drug-likeness (QED) is 0.259. The molecular weight excluding hydrogens is 476 g/mol. The van der Waals surface area contributed by atoms with Crippen LogP contribution in [-0.2, 0) is 0 Å². The molecule has 0 spiro atoms. The van der Waals surface area contributed by atoms with Gasteiger partial charge in [0.2, 0.25) is 11.6 Å². The number of rotatable bonds is 4. The number of para-hydroxylation sites is 1. The van der Waals surface area contributed by atoms with Gasteiger partial charge in [-0.15, -0.1) is 5.11 Å². The molecule has 0 bridgehead atoms. The van der Waals surface area contributed by atoms with Crippen LogP contribution in [0.5, 0.6) is 5.88 Å². The topological polar surface area (TPSA) is 71.9 Å². The van der Waals surface area contributed by atoms with Gasteiger partial charge < -0.3 is 5.11 Å². The Hall–Kier alpha value is -3.36. The first-order valence-corrected chi connectivity index (χ1v) is 10.6. The molecule has 31 heavy (non-hydrogen) atoms. The standard InChI is InChI=1S/C23H17BrN4O2S/c1-15-7-11-17(12-8-15)25-26-20-21(29)27(18-5-3-2-4-6-18)23(31)28(22(20)30)19-13-9-16(24)10-14-19/h2-14,30H,1H3. The summed E-state index contributed by atoms with van der Waals surface area (Å²) < 4.78 is 3.73. The van der Waals surface area contributed by atoms with E-state index >= 15 is 0 Å². The summed E-state index contributed by atoms with van der Waals surface area (Å²) in [5.74, 6) is -0.375. The van der Waals surface area contributed by atoms with Crippen molar-refractivity contribution in [3.05, 3.63) is 104 Å². The van der Waals surface area contributed by atoms with Crippen molar-refractivity contribution in [2.24, 2.45) is 10.2 Å². The Balaban J connectivity index is 1.98. The van der Waals surface area contributed by atoms with Gasteiger partial charge >= 0.3 is 0 Å². The molecule has 1 aromatic heterocycles. The highest BCUT2D eigenvalue weighted by Crippen LogP contribution is 2.29. The first-order chi connectivity index (χ1) is 15.0. The minimum absolute atomic E-state index is 0.116. The monoisotopic (exact) mass is 492 g/mol. The number of nitrogens with zero attached hydrogens (tertiary/aromatic N) is 4. The van der Waals surface area contributed by atoms with Gasteiger partial charge in [-0.1, -0.05) is 51.8 Å². The molecule has 0 saturated carbocycles. The maximum Gasteiger partial charge on any atom is 0.290 e. The average molecular weight is 493 g/mol. The molecule has 0 saturated heterocycles. The Kier molecular flexibility index (Phi) is 5.92. The number of aryl methyl sites for hydroxylation is 1. The van der Waals surface area contributed by atoms with Crippen molar-refractivity contribution in [2.45, 2.75) is 6.92 Å². The van der Waals surface area contributed by atoms with Crippen molar-refractivity contribution in [3.63, 3.8) is 0 Å². The third kappa shape index (κ3) is 4.26. The van der Waals surface area contributed by atoms with Gasteiger partial charge in [0.15, 0.2) is 4.77 Å². The molecule has 8 heteroatoms. The third-order valence-electron chi connectivity index (χ3n) is 4.61. The van der Waals surface area contributed by atoms with Crippen LogP contribution >= 0.6 is 28.1 Å². The third-order valence-corrected chi connectivity index (χ3v) is 5.50. The summed E-state index contributed by atoms with van der Waals surface area (Å²) in [5, 5.41) is 19.2. The molecule has 4 rings (SSSR count). The van der Waals surface area contributed by atoms with Crippen LogP contribution in [0.2, 0.25) is 0 Å². The van der Waals surface area contributed by atoms with Crippen molar-refractivity contribution in [1.82, 2.24) is 9.13 Å². The van der Waals surface area contributed by atoms with Crippen molar-refractivity contribution >= 4 is 39.5 Å². The summed E-state index contributed by atoms with van der Waals surface area (Å²) >= 11 is 9.00. The summed E-state index contributed by atoms with van der Waals surface area (Å²) in [6.45, 7) is 1.97. The largest absolute Gasteiger partial charge is 0.492 e. The first kappa shape index (κ1) is 20.9. The number of hydrogen-bond acceptors (Lipinski definition) is 5. The van der Waals surface area contributed by atoms with E-state index in [0.29, 0.717) is 17.1 Å². The van der Waals surface area contributed by atoms with Gasteiger partial charge in [0.25, 0.3) is 5.56 Å². The molecule has 0 aliphatic carbocycles. The van der Waals surface area contributed by atoms with Crippen LogP contribution in [0, 0.1) is 11.7 Å². The Morgan fingerprint density at radius 2 is 1.45 bits per heavy atom. The number of benzene rings is 3. The molecule has 0 atom stereocenters. The van der Waals surface area contributed by atoms with Crippen LogP contribution in [0.4, 0.5) is 11.4 Å². The molecule has 3 aromatic carbocycles. The maximum absolute atomic E-state index is 13.3. The van der Waals surface area contributed by atoms with Crippen LogP contribution in [0.1, 0.15) is 5.56 Å². The zero-order valence-corrected chi connectivity index (χ0v) is 18.8. The van der Waals surface area contributed by atoms with Crippen molar-refractivity contribution in [3.8, 4) is 17.3 Å². The number of azo groups is 1. The summed E-state index contributed by atoms with van der Waals surface area (Å²) in [7, 11) is 0. The van der Waals surface area contributed by atoms with Crippen molar-refractivity contribution in [1.29, 1.82) is 0 Å². The van der Waals surface area contributed by atoms with Crippen LogP contribution in [0.25, 0.3) is 11.4 Å². The summed E-state index contributed by atoms with van der Waals surface area (Å²) in [5.41, 5.74) is 2.03. The fourth-order valence-electron chi connectivity index (χ4n) is 3.02. The van der Waals surface area contributed by atoms with Crippen LogP contribution < -0.4 is 5.56 Å². The normalized spacial score (nSPS) is 11.2. The SMILES string of the molecule is Cc1ccc(N=Nc2c(O)n(-c3ccc(Br)cc3)c(=S)n(-c3ccccc3)c2=O)cc1. The first-order valence-electron chi connectivity index (χ1n) is 9.36. The van der Waals surface area contributed by atoms with Gasteiger partial charge in [-0.3, -0.25) is 13.9 Å². The zero-order chi connectivity index (χ0) is 22.0. The highest BCUT2D eigenvalue weighted by atomic mass is 79.9. The predicted molar refractivity (Wildman–Crippen MR) is 127 cm³/mol. The number of aromatic hydroxyl groups is 1. The van der Waals surface area contributed by atoms with Crippen molar-refractivity contribution < 1.29 is 5.11 Å². The Bertz CT molecular complexity index is 1380. The molecular formula is C23H17BrN4O2S. The lowest BCUT2D eigenvalue weighted by molar-refractivity contribution is 0.432. The van der Waals surface area contributed by atoms with E-state index in [2.05, 4.69) is 26.2 Å². The Morgan fingerprint density at radius 3 is 2.10 bits per heavy atom. The van der Waals surface area contributed by atoms with Gasteiger partial charge in [0.05, 0.1) is 17.1 Å². The van der Waals surface area contributed by atoms with E-state index in [9.17, 15) is 9.90 Å². The van der Waals surface area contributed by atoms with E-state index in [0.717, 1.165) is 10.0 Å². The average Bonchev–Trinajstić information content (AvgIpc) is 2.77.